The van der Waals surface area contributed by atoms with Crippen LogP contribution < -0.4 is 4.90 Å². The van der Waals surface area contributed by atoms with Crippen LogP contribution in [0, 0.1) is 0 Å². The molecule has 1 saturated heterocycles. The number of carbonyl (C=O) groups excluding carboxylic acids is 1. The van der Waals surface area contributed by atoms with Gasteiger partial charge in [-0.1, -0.05) is 27.2 Å². The van der Waals surface area contributed by atoms with E-state index in [1.54, 1.807) is 0 Å². The molecule has 2 rings (SSSR count). The van der Waals surface area contributed by atoms with Crippen LogP contribution in [0.3, 0.4) is 0 Å². The summed E-state index contributed by atoms with van der Waals surface area (Å²) >= 11 is 0. The lowest BCUT2D eigenvalue weighted by molar-refractivity contribution is 0.0980. The summed E-state index contributed by atoms with van der Waals surface area (Å²) in [6.45, 7) is 11.1. The van der Waals surface area contributed by atoms with E-state index in [4.69, 9.17) is 0 Å². The van der Waals surface area contributed by atoms with E-state index in [1.165, 1.54) is 18.5 Å². The number of piperazine rings is 1. The molecule has 1 aromatic carbocycles. The molecular weight excluding hydrogens is 284 g/mol. The van der Waals surface area contributed by atoms with Crippen molar-refractivity contribution in [2.45, 2.75) is 58.9 Å². The molecule has 128 valence electrons. The maximum absolute atomic E-state index is 12.1. The Kier molecular flexibility index (Phi) is 7.10. The lowest BCUT2D eigenvalue weighted by atomic mass is 10.0. The van der Waals surface area contributed by atoms with E-state index in [-0.39, 0.29) is 5.78 Å². The lowest BCUT2D eigenvalue weighted by Gasteiger charge is -2.39. The SMILES string of the molecule is CCCCC(=O)c1ccc(N2CCN(C(CC)CC)CC2)cc1. The van der Waals surface area contributed by atoms with Crippen molar-refractivity contribution in [3.63, 3.8) is 0 Å². The zero-order valence-corrected chi connectivity index (χ0v) is 15.1. The molecular formula is C20H32N2O. The molecule has 0 aromatic heterocycles. The molecule has 1 fully saturated rings. The zero-order valence-electron chi connectivity index (χ0n) is 15.1. The molecule has 0 radical (unpaired) electrons. The van der Waals surface area contributed by atoms with Crippen molar-refractivity contribution >= 4 is 11.5 Å². The molecule has 1 aliphatic rings. The van der Waals surface area contributed by atoms with Gasteiger partial charge in [-0.15, -0.1) is 0 Å². The first-order valence-corrected chi connectivity index (χ1v) is 9.31. The van der Waals surface area contributed by atoms with Crippen LogP contribution >= 0.6 is 0 Å². The highest BCUT2D eigenvalue weighted by molar-refractivity contribution is 5.96. The van der Waals surface area contributed by atoms with E-state index >= 15 is 0 Å². The maximum Gasteiger partial charge on any atom is 0.162 e. The summed E-state index contributed by atoms with van der Waals surface area (Å²) in [6.07, 6.45) is 5.21. The van der Waals surface area contributed by atoms with Crippen LogP contribution in [0.2, 0.25) is 0 Å². The first kappa shape index (κ1) is 18.0. The molecule has 0 bridgehead atoms. The van der Waals surface area contributed by atoms with Crippen molar-refractivity contribution in [1.82, 2.24) is 4.90 Å². The van der Waals surface area contributed by atoms with Gasteiger partial charge in [0.1, 0.15) is 0 Å². The highest BCUT2D eigenvalue weighted by Crippen LogP contribution is 2.20. The summed E-state index contributed by atoms with van der Waals surface area (Å²) in [6, 6.07) is 8.97. The van der Waals surface area contributed by atoms with Crippen molar-refractivity contribution in [3.05, 3.63) is 29.8 Å². The molecule has 0 spiro atoms. The molecule has 3 nitrogen and oxygen atoms in total. The Balaban J connectivity index is 1.90. The quantitative estimate of drug-likeness (QED) is 0.665. The van der Waals surface area contributed by atoms with E-state index in [9.17, 15) is 4.79 Å². The van der Waals surface area contributed by atoms with Gasteiger partial charge in [-0.05, 0) is 43.5 Å². The Labute approximate surface area is 141 Å². The molecule has 0 N–H and O–H groups in total. The molecule has 0 aliphatic carbocycles. The van der Waals surface area contributed by atoms with Crippen LogP contribution in [-0.2, 0) is 0 Å². The number of ketones is 1. The fraction of sp³-hybridized carbons (Fsp3) is 0.650. The van der Waals surface area contributed by atoms with E-state index in [2.05, 4.69) is 42.7 Å². The molecule has 1 aromatic rings. The molecule has 1 heterocycles. The second-order valence-electron chi connectivity index (χ2n) is 6.57. The van der Waals surface area contributed by atoms with E-state index in [0.29, 0.717) is 6.42 Å². The average molecular weight is 316 g/mol. The number of Topliss-reactive ketones (excluding diaryl/α,β-unsaturated/α-hetero) is 1. The van der Waals surface area contributed by atoms with Gasteiger partial charge < -0.3 is 4.90 Å². The molecule has 23 heavy (non-hydrogen) atoms. The topological polar surface area (TPSA) is 23.6 Å². The maximum atomic E-state index is 12.1. The second kappa shape index (κ2) is 9.07. The Bertz CT molecular complexity index is 471. The molecule has 0 unspecified atom stereocenters. The summed E-state index contributed by atoms with van der Waals surface area (Å²) in [5.74, 6) is 0.275. The summed E-state index contributed by atoms with van der Waals surface area (Å²) < 4.78 is 0. The minimum absolute atomic E-state index is 0.275. The van der Waals surface area contributed by atoms with Crippen molar-refractivity contribution in [2.75, 3.05) is 31.1 Å². The third-order valence-electron chi connectivity index (χ3n) is 5.08. The van der Waals surface area contributed by atoms with Gasteiger partial charge in [-0.25, -0.2) is 0 Å². The third-order valence-corrected chi connectivity index (χ3v) is 5.08. The van der Waals surface area contributed by atoms with Crippen molar-refractivity contribution < 1.29 is 4.79 Å². The summed E-state index contributed by atoms with van der Waals surface area (Å²) in [4.78, 5) is 17.1. The van der Waals surface area contributed by atoms with Crippen LogP contribution in [0.25, 0.3) is 0 Å². The minimum Gasteiger partial charge on any atom is -0.369 e. The minimum atomic E-state index is 0.275. The van der Waals surface area contributed by atoms with Gasteiger partial charge >= 0.3 is 0 Å². The summed E-state index contributed by atoms with van der Waals surface area (Å²) in [7, 11) is 0. The number of benzene rings is 1. The molecule has 1 aliphatic heterocycles. The van der Waals surface area contributed by atoms with Crippen molar-refractivity contribution in [2.24, 2.45) is 0 Å². The van der Waals surface area contributed by atoms with Gasteiger partial charge in [0.05, 0.1) is 0 Å². The predicted molar refractivity (Wildman–Crippen MR) is 98.5 cm³/mol. The Morgan fingerprint density at radius 2 is 1.61 bits per heavy atom. The monoisotopic (exact) mass is 316 g/mol. The number of unbranched alkanes of at least 4 members (excludes halogenated alkanes) is 1. The van der Waals surface area contributed by atoms with Crippen LogP contribution in [0.15, 0.2) is 24.3 Å². The fourth-order valence-corrected chi connectivity index (χ4v) is 3.49. The van der Waals surface area contributed by atoms with E-state index < -0.39 is 0 Å². The van der Waals surface area contributed by atoms with Gasteiger partial charge in [0.25, 0.3) is 0 Å². The van der Waals surface area contributed by atoms with E-state index in [1.807, 2.05) is 12.1 Å². The van der Waals surface area contributed by atoms with Gasteiger partial charge in [-0.2, -0.15) is 0 Å². The van der Waals surface area contributed by atoms with Crippen molar-refractivity contribution in [1.29, 1.82) is 0 Å². The van der Waals surface area contributed by atoms with Crippen LogP contribution in [-0.4, -0.2) is 42.9 Å². The van der Waals surface area contributed by atoms with Crippen molar-refractivity contribution in [3.8, 4) is 0 Å². The van der Waals surface area contributed by atoms with Crippen LogP contribution in [0.5, 0.6) is 0 Å². The summed E-state index contributed by atoms with van der Waals surface area (Å²) in [5.41, 5.74) is 2.11. The molecule has 0 atom stereocenters. The summed E-state index contributed by atoms with van der Waals surface area (Å²) in [5, 5.41) is 0. The molecule has 3 heteroatoms. The van der Waals surface area contributed by atoms with Crippen LogP contribution in [0.1, 0.15) is 63.2 Å². The van der Waals surface area contributed by atoms with Gasteiger partial charge in [0.2, 0.25) is 0 Å². The smallest absolute Gasteiger partial charge is 0.162 e. The lowest BCUT2D eigenvalue weighted by Crippen LogP contribution is -2.50. The average Bonchev–Trinajstić information content (AvgIpc) is 2.61. The number of carbonyl (C=O) groups is 1. The first-order valence-electron chi connectivity index (χ1n) is 9.31. The van der Waals surface area contributed by atoms with Crippen LogP contribution in [0.4, 0.5) is 5.69 Å². The number of hydrogen-bond donors (Lipinski definition) is 0. The highest BCUT2D eigenvalue weighted by Gasteiger charge is 2.21. The number of nitrogens with zero attached hydrogens (tertiary/aromatic N) is 2. The Morgan fingerprint density at radius 1 is 1.00 bits per heavy atom. The predicted octanol–water partition coefficient (Wildman–Crippen LogP) is 4.37. The Morgan fingerprint density at radius 3 is 2.13 bits per heavy atom. The molecule has 0 saturated carbocycles. The first-order chi connectivity index (χ1) is 11.2. The standard InChI is InChI=1S/C20H32N2O/c1-4-7-8-20(23)17-9-11-19(12-10-17)22-15-13-21(14-16-22)18(5-2)6-3/h9-12,18H,4-8,13-16H2,1-3H3. The fourth-order valence-electron chi connectivity index (χ4n) is 3.49. The normalized spacial score (nSPS) is 16.1. The van der Waals surface area contributed by atoms with Gasteiger partial charge in [-0.3, -0.25) is 9.69 Å². The number of anilines is 1. The molecule has 0 amide bonds. The van der Waals surface area contributed by atoms with Gasteiger partial charge in [0, 0.05) is 49.9 Å². The van der Waals surface area contributed by atoms with E-state index in [0.717, 1.165) is 50.6 Å². The number of hydrogen-bond acceptors (Lipinski definition) is 3. The second-order valence-corrected chi connectivity index (χ2v) is 6.57. The largest absolute Gasteiger partial charge is 0.369 e. The van der Waals surface area contributed by atoms with Gasteiger partial charge in [0.15, 0.2) is 5.78 Å². The number of rotatable bonds is 8. The zero-order chi connectivity index (χ0) is 16.7. The Hall–Kier alpha value is -1.35. The third kappa shape index (κ3) is 4.81. The highest BCUT2D eigenvalue weighted by atomic mass is 16.1.